The van der Waals surface area contributed by atoms with Crippen LogP contribution in [-0.4, -0.2) is 0 Å². The Morgan fingerprint density at radius 1 is 1.36 bits per heavy atom. The number of rotatable bonds is 1. The molecule has 11 heavy (non-hydrogen) atoms. The van der Waals surface area contributed by atoms with Crippen molar-refractivity contribution in [2.45, 2.75) is 6.92 Å². The van der Waals surface area contributed by atoms with Gasteiger partial charge in [0.25, 0.3) is 0 Å². The maximum absolute atomic E-state index is 5.86. The van der Waals surface area contributed by atoms with Gasteiger partial charge in [0.2, 0.25) is 0 Å². The lowest BCUT2D eigenvalue weighted by atomic mass is 10.1. The van der Waals surface area contributed by atoms with Gasteiger partial charge in [0, 0.05) is 0 Å². The largest absolute Gasteiger partial charge is 0.0984 e. The third kappa shape index (κ3) is 1.76. The fraction of sp³-hybridized carbons (Fsp3) is 0.111. The van der Waals surface area contributed by atoms with E-state index in [1.165, 1.54) is 0 Å². The molecule has 0 aromatic heterocycles. The molecule has 1 aromatic carbocycles. The summed E-state index contributed by atoms with van der Waals surface area (Å²) < 4.78 is 0. The Morgan fingerprint density at radius 2 is 2.00 bits per heavy atom. The second kappa shape index (κ2) is 3.29. The Labute approximate surface area is 76.4 Å². The number of benzene rings is 1. The highest BCUT2D eigenvalue weighted by Gasteiger charge is 2.01. The molecule has 0 nitrogen and oxygen atoms in total. The summed E-state index contributed by atoms with van der Waals surface area (Å²) in [7, 11) is 0. The van der Waals surface area contributed by atoms with Crippen LogP contribution in [-0.2, 0) is 0 Å². The van der Waals surface area contributed by atoms with E-state index in [9.17, 15) is 0 Å². The van der Waals surface area contributed by atoms with Crippen molar-refractivity contribution in [2.75, 3.05) is 0 Å². The first-order valence-electron chi connectivity index (χ1n) is 3.23. The molecule has 0 aliphatic rings. The number of hydrogen-bond donors (Lipinski definition) is 0. The van der Waals surface area contributed by atoms with Crippen LogP contribution in [0.1, 0.15) is 11.1 Å². The van der Waals surface area contributed by atoms with E-state index in [1.54, 1.807) is 6.08 Å². The minimum absolute atomic E-state index is 0.576. The zero-order valence-electron chi connectivity index (χ0n) is 6.20. The second-order valence-corrected chi connectivity index (χ2v) is 3.14. The third-order valence-corrected chi connectivity index (χ3v) is 2.24. The Balaban J connectivity index is 3.35. The minimum atomic E-state index is 0.576. The highest BCUT2D eigenvalue weighted by atomic mass is 35.5. The molecule has 0 aliphatic carbocycles. The molecule has 0 spiro atoms. The quantitative estimate of drug-likeness (QED) is 0.624. The van der Waals surface area contributed by atoms with Crippen LogP contribution in [0.15, 0.2) is 18.7 Å². The summed E-state index contributed by atoms with van der Waals surface area (Å²) in [4.78, 5) is 0. The lowest BCUT2D eigenvalue weighted by molar-refractivity contribution is 1.46. The third-order valence-electron chi connectivity index (χ3n) is 1.42. The zero-order chi connectivity index (χ0) is 8.43. The van der Waals surface area contributed by atoms with Gasteiger partial charge >= 0.3 is 0 Å². The van der Waals surface area contributed by atoms with Gasteiger partial charge < -0.3 is 0 Å². The maximum atomic E-state index is 5.86. The molecule has 0 bridgehead atoms. The smallest absolute Gasteiger partial charge is 0.0664 e. The van der Waals surface area contributed by atoms with Crippen molar-refractivity contribution < 1.29 is 0 Å². The zero-order valence-corrected chi connectivity index (χ0v) is 7.71. The Hall–Kier alpha value is -0.460. The van der Waals surface area contributed by atoms with Crippen LogP contribution >= 0.6 is 23.2 Å². The van der Waals surface area contributed by atoms with Crippen LogP contribution in [0.25, 0.3) is 6.08 Å². The first-order valence-corrected chi connectivity index (χ1v) is 3.99. The van der Waals surface area contributed by atoms with Gasteiger partial charge in [-0.15, -0.1) is 0 Å². The fourth-order valence-corrected chi connectivity index (χ4v) is 1.37. The van der Waals surface area contributed by atoms with E-state index in [0.29, 0.717) is 10.0 Å². The van der Waals surface area contributed by atoms with Crippen LogP contribution < -0.4 is 0 Å². The van der Waals surface area contributed by atoms with Gasteiger partial charge in [-0.3, -0.25) is 0 Å². The van der Waals surface area contributed by atoms with Crippen LogP contribution in [0, 0.1) is 6.92 Å². The van der Waals surface area contributed by atoms with Crippen molar-refractivity contribution in [1.29, 1.82) is 0 Å². The number of hydrogen-bond acceptors (Lipinski definition) is 0. The van der Waals surface area contributed by atoms with Crippen LogP contribution in [0.5, 0.6) is 0 Å². The molecule has 0 heterocycles. The standard InChI is InChI=1S/C9H8Cl2/c1-3-7-4-6(2)5-8(10)9(7)11/h3-5H,1H2,2H3. The molecule has 2 heteroatoms. The molecule has 1 rings (SSSR count). The molecule has 0 atom stereocenters. The lowest BCUT2D eigenvalue weighted by Gasteiger charge is -2.01. The summed E-state index contributed by atoms with van der Waals surface area (Å²) in [5.41, 5.74) is 1.98. The molecule has 0 amide bonds. The van der Waals surface area contributed by atoms with E-state index in [2.05, 4.69) is 6.58 Å². The van der Waals surface area contributed by atoms with E-state index in [1.807, 2.05) is 19.1 Å². The van der Waals surface area contributed by atoms with E-state index in [4.69, 9.17) is 23.2 Å². The second-order valence-electron chi connectivity index (χ2n) is 2.35. The van der Waals surface area contributed by atoms with Crippen molar-refractivity contribution in [3.63, 3.8) is 0 Å². The molecule has 0 saturated carbocycles. The highest BCUT2D eigenvalue weighted by molar-refractivity contribution is 6.42. The molecular formula is C9H8Cl2. The molecule has 58 valence electrons. The molecule has 0 fully saturated rings. The number of halogens is 2. The van der Waals surface area contributed by atoms with Crippen molar-refractivity contribution >= 4 is 29.3 Å². The van der Waals surface area contributed by atoms with E-state index >= 15 is 0 Å². The molecule has 0 unspecified atom stereocenters. The van der Waals surface area contributed by atoms with Crippen molar-refractivity contribution in [3.05, 3.63) is 39.9 Å². The summed E-state index contributed by atoms with van der Waals surface area (Å²) in [5.74, 6) is 0. The van der Waals surface area contributed by atoms with Gasteiger partial charge in [0.05, 0.1) is 10.0 Å². The summed E-state index contributed by atoms with van der Waals surface area (Å²) >= 11 is 11.7. The Morgan fingerprint density at radius 3 is 2.55 bits per heavy atom. The summed E-state index contributed by atoms with van der Waals surface area (Å²) in [6.45, 7) is 5.60. The molecule has 0 radical (unpaired) electrons. The van der Waals surface area contributed by atoms with Crippen molar-refractivity contribution in [3.8, 4) is 0 Å². The monoisotopic (exact) mass is 186 g/mol. The van der Waals surface area contributed by atoms with Gasteiger partial charge in [-0.05, 0) is 24.1 Å². The predicted molar refractivity (Wildman–Crippen MR) is 51.3 cm³/mol. The Kier molecular flexibility index (Phi) is 2.58. The average molecular weight is 187 g/mol. The molecule has 0 saturated heterocycles. The first-order chi connectivity index (χ1) is 5.15. The number of aryl methyl sites for hydroxylation is 1. The fourth-order valence-electron chi connectivity index (χ4n) is 0.900. The summed E-state index contributed by atoms with van der Waals surface area (Å²) in [6, 6.07) is 3.78. The van der Waals surface area contributed by atoms with Gasteiger partial charge in [-0.2, -0.15) is 0 Å². The molecule has 0 N–H and O–H groups in total. The topological polar surface area (TPSA) is 0 Å². The summed E-state index contributed by atoms with van der Waals surface area (Å²) in [6.07, 6.45) is 1.70. The van der Waals surface area contributed by atoms with E-state index in [0.717, 1.165) is 11.1 Å². The van der Waals surface area contributed by atoms with E-state index in [-0.39, 0.29) is 0 Å². The lowest BCUT2D eigenvalue weighted by Crippen LogP contribution is -1.79. The van der Waals surface area contributed by atoms with Crippen LogP contribution in [0.4, 0.5) is 0 Å². The van der Waals surface area contributed by atoms with Crippen LogP contribution in [0.3, 0.4) is 0 Å². The molecule has 0 aliphatic heterocycles. The van der Waals surface area contributed by atoms with Gasteiger partial charge in [-0.1, -0.05) is 41.9 Å². The SMILES string of the molecule is C=Cc1cc(C)cc(Cl)c1Cl. The van der Waals surface area contributed by atoms with Gasteiger partial charge in [0.1, 0.15) is 0 Å². The Bertz CT molecular complexity index is 290. The van der Waals surface area contributed by atoms with Gasteiger partial charge in [0.15, 0.2) is 0 Å². The van der Waals surface area contributed by atoms with Crippen molar-refractivity contribution in [2.24, 2.45) is 0 Å². The molecule has 1 aromatic rings. The maximum Gasteiger partial charge on any atom is 0.0664 e. The first kappa shape index (κ1) is 8.63. The van der Waals surface area contributed by atoms with Gasteiger partial charge in [-0.25, -0.2) is 0 Å². The minimum Gasteiger partial charge on any atom is -0.0984 e. The van der Waals surface area contributed by atoms with Crippen LogP contribution in [0.2, 0.25) is 10.0 Å². The van der Waals surface area contributed by atoms with Crippen molar-refractivity contribution in [1.82, 2.24) is 0 Å². The molecular weight excluding hydrogens is 179 g/mol. The predicted octanol–water partition coefficient (Wildman–Crippen LogP) is 3.94. The highest BCUT2D eigenvalue weighted by Crippen LogP contribution is 2.27. The normalized spacial score (nSPS) is 9.73. The summed E-state index contributed by atoms with van der Waals surface area (Å²) in [5, 5.41) is 1.16. The average Bonchev–Trinajstić information content (AvgIpc) is 1.96. The van der Waals surface area contributed by atoms with E-state index < -0.39 is 0 Å².